The number of benzene rings is 1. The first-order chi connectivity index (χ1) is 8.64. The molecule has 2 nitrogen and oxygen atoms in total. The van der Waals surface area contributed by atoms with Crippen molar-refractivity contribution in [2.24, 2.45) is 5.41 Å². The molecule has 0 aliphatic heterocycles. The van der Waals surface area contributed by atoms with Crippen LogP contribution in [0.4, 0.5) is 4.39 Å². The molecule has 0 N–H and O–H groups in total. The van der Waals surface area contributed by atoms with E-state index in [2.05, 4.69) is 0 Å². The Kier molecular flexibility index (Phi) is 4.72. The van der Waals surface area contributed by atoms with Crippen LogP contribution >= 0.6 is 0 Å². The zero-order valence-electron chi connectivity index (χ0n) is 12.7. The lowest BCUT2D eigenvalue weighted by Gasteiger charge is -2.37. The fourth-order valence-corrected chi connectivity index (χ4v) is 2.17. The highest BCUT2D eigenvalue weighted by molar-refractivity contribution is 5.82. The lowest BCUT2D eigenvalue weighted by atomic mass is 9.92. The molecule has 19 heavy (non-hydrogen) atoms. The van der Waals surface area contributed by atoms with Crippen molar-refractivity contribution >= 4 is 5.91 Å². The van der Waals surface area contributed by atoms with E-state index in [-0.39, 0.29) is 23.8 Å². The standard InChI is InChI=1S/C16H24FNO/c1-11(2)18(15(19)16(4,5)6)12(3)13-8-7-9-14(17)10-13/h7-12H,1-6H3/t12-/m0/s1. The predicted molar refractivity (Wildman–Crippen MR) is 76.3 cm³/mol. The molecule has 0 aliphatic rings. The highest BCUT2D eigenvalue weighted by atomic mass is 19.1. The van der Waals surface area contributed by atoms with Crippen molar-refractivity contribution < 1.29 is 9.18 Å². The molecule has 1 atom stereocenters. The molecule has 1 aromatic rings. The quantitative estimate of drug-likeness (QED) is 0.803. The Hall–Kier alpha value is -1.38. The number of rotatable bonds is 3. The van der Waals surface area contributed by atoms with Crippen molar-refractivity contribution in [3.63, 3.8) is 0 Å². The summed E-state index contributed by atoms with van der Waals surface area (Å²) in [5, 5.41) is 0. The van der Waals surface area contributed by atoms with Crippen LogP contribution in [0.1, 0.15) is 53.1 Å². The van der Waals surface area contributed by atoms with Gasteiger partial charge in [0.1, 0.15) is 5.82 Å². The number of amides is 1. The number of carbonyl (C=O) groups is 1. The average Bonchev–Trinajstić information content (AvgIpc) is 2.27. The second kappa shape index (κ2) is 5.72. The number of hydrogen-bond acceptors (Lipinski definition) is 1. The van der Waals surface area contributed by atoms with Crippen LogP contribution in [0.2, 0.25) is 0 Å². The van der Waals surface area contributed by atoms with Crippen molar-refractivity contribution in [3.8, 4) is 0 Å². The van der Waals surface area contributed by atoms with E-state index in [1.807, 2.05) is 52.5 Å². The van der Waals surface area contributed by atoms with Crippen LogP contribution in [0.5, 0.6) is 0 Å². The molecule has 0 fully saturated rings. The van der Waals surface area contributed by atoms with E-state index >= 15 is 0 Å². The van der Waals surface area contributed by atoms with Crippen LogP contribution in [0.3, 0.4) is 0 Å². The topological polar surface area (TPSA) is 20.3 Å². The normalized spacial score (nSPS) is 13.5. The maximum atomic E-state index is 13.3. The zero-order valence-corrected chi connectivity index (χ0v) is 12.7. The first kappa shape index (κ1) is 15.7. The van der Waals surface area contributed by atoms with Gasteiger partial charge in [-0.3, -0.25) is 4.79 Å². The van der Waals surface area contributed by atoms with Gasteiger partial charge in [-0.05, 0) is 38.5 Å². The first-order valence-electron chi connectivity index (χ1n) is 6.73. The molecular formula is C16H24FNO. The Labute approximate surface area is 115 Å². The molecule has 3 heteroatoms. The van der Waals surface area contributed by atoms with Gasteiger partial charge in [0.25, 0.3) is 0 Å². The summed E-state index contributed by atoms with van der Waals surface area (Å²) in [6.45, 7) is 11.6. The summed E-state index contributed by atoms with van der Waals surface area (Å²) in [5.74, 6) is -0.185. The maximum Gasteiger partial charge on any atom is 0.228 e. The highest BCUT2D eigenvalue weighted by Crippen LogP contribution is 2.28. The lowest BCUT2D eigenvalue weighted by molar-refractivity contribution is -0.143. The van der Waals surface area contributed by atoms with Gasteiger partial charge >= 0.3 is 0 Å². The fraction of sp³-hybridized carbons (Fsp3) is 0.562. The molecule has 0 radical (unpaired) electrons. The van der Waals surface area contributed by atoms with Gasteiger partial charge in [0.15, 0.2) is 0 Å². The Balaban J connectivity index is 3.10. The van der Waals surface area contributed by atoms with Crippen LogP contribution in [0, 0.1) is 11.2 Å². The molecule has 0 bridgehead atoms. The molecule has 0 spiro atoms. The molecule has 1 amide bonds. The second-order valence-corrected chi connectivity index (χ2v) is 6.29. The monoisotopic (exact) mass is 265 g/mol. The Bertz CT molecular complexity index is 448. The summed E-state index contributed by atoms with van der Waals surface area (Å²) < 4.78 is 13.3. The third kappa shape index (κ3) is 3.79. The van der Waals surface area contributed by atoms with Gasteiger partial charge < -0.3 is 4.90 Å². The zero-order chi connectivity index (χ0) is 14.8. The van der Waals surface area contributed by atoms with E-state index in [1.54, 1.807) is 6.07 Å². The minimum Gasteiger partial charge on any atom is -0.333 e. The minimum atomic E-state index is -0.439. The summed E-state index contributed by atoms with van der Waals surface area (Å²) in [5.41, 5.74) is 0.387. The fourth-order valence-electron chi connectivity index (χ4n) is 2.17. The maximum absolute atomic E-state index is 13.3. The number of hydrogen-bond donors (Lipinski definition) is 0. The van der Waals surface area contributed by atoms with E-state index in [0.717, 1.165) is 5.56 Å². The van der Waals surface area contributed by atoms with Crippen molar-refractivity contribution in [2.45, 2.75) is 53.6 Å². The van der Waals surface area contributed by atoms with Gasteiger partial charge in [0.2, 0.25) is 5.91 Å². The second-order valence-electron chi connectivity index (χ2n) is 6.29. The summed E-state index contributed by atoms with van der Waals surface area (Å²) >= 11 is 0. The van der Waals surface area contributed by atoms with Gasteiger partial charge in [-0.25, -0.2) is 4.39 Å². The molecule has 1 aromatic carbocycles. The third-order valence-corrected chi connectivity index (χ3v) is 3.18. The van der Waals surface area contributed by atoms with Crippen LogP contribution in [0.25, 0.3) is 0 Å². The van der Waals surface area contributed by atoms with E-state index in [1.165, 1.54) is 12.1 Å². The molecule has 0 aliphatic carbocycles. The van der Waals surface area contributed by atoms with Gasteiger partial charge in [0.05, 0.1) is 6.04 Å². The lowest BCUT2D eigenvalue weighted by Crippen LogP contribution is -2.45. The molecule has 106 valence electrons. The summed E-state index contributed by atoms with van der Waals surface area (Å²) in [7, 11) is 0. The molecule has 0 aromatic heterocycles. The Morgan fingerprint density at radius 2 is 1.79 bits per heavy atom. The van der Waals surface area contributed by atoms with Gasteiger partial charge in [-0.15, -0.1) is 0 Å². The molecule has 0 heterocycles. The summed E-state index contributed by atoms with van der Waals surface area (Å²) in [6.07, 6.45) is 0. The Morgan fingerprint density at radius 1 is 1.21 bits per heavy atom. The number of carbonyl (C=O) groups excluding carboxylic acids is 1. The van der Waals surface area contributed by atoms with Crippen molar-refractivity contribution in [1.29, 1.82) is 0 Å². The average molecular weight is 265 g/mol. The van der Waals surface area contributed by atoms with Crippen LogP contribution in [-0.4, -0.2) is 16.8 Å². The molecule has 0 saturated carbocycles. The van der Waals surface area contributed by atoms with Crippen LogP contribution in [0.15, 0.2) is 24.3 Å². The molecular weight excluding hydrogens is 241 g/mol. The van der Waals surface area contributed by atoms with Crippen LogP contribution < -0.4 is 0 Å². The largest absolute Gasteiger partial charge is 0.333 e. The molecule has 0 saturated heterocycles. The number of nitrogens with zero attached hydrogens (tertiary/aromatic N) is 1. The van der Waals surface area contributed by atoms with E-state index in [9.17, 15) is 9.18 Å². The van der Waals surface area contributed by atoms with E-state index in [4.69, 9.17) is 0 Å². The number of halogens is 1. The Morgan fingerprint density at radius 3 is 2.21 bits per heavy atom. The molecule has 0 unspecified atom stereocenters. The highest BCUT2D eigenvalue weighted by Gasteiger charge is 2.32. The van der Waals surface area contributed by atoms with Gasteiger partial charge in [-0.1, -0.05) is 32.9 Å². The van der Waals surface area contributed by atoms with E-state index in [0.29, 0.717) is 0 Å². The predicted octanol–water partition coefficient (Wildman–Crippen LogP) is 4.17. The van der Waals surface area contributed by atoms with Crippen molar-refractivity contribution in [1.82, 2.24) is 4.90 Å². The smallest absolute Gasteiger partial charge is 0.228 e. The van der Waals surface area contributed by atoms with Crippen molar-refractivity contribution in [2.75, 3.05) is 0 Å². The summed E-state index contributed by atoms with van der Waals surface area (Å²) in [6, 6.07) is 6.39. The van der Waals surface area contributed by atoms with Crippen molar-refractivity contribution in [3.05, 3.63) is 35.6 Å². The third-order valence-electron chi connectivity index (χ3n) is 3.18. The van der Waals surface area contributed by atoms with E-state index < -0.39 is 5.41 Å². The SMILES string of the molecule is CC(C)N(C(=O)C(C)(C)C)[C@@H](C)c1cccc(F)c1. The summed E-state index contributed by atoms with van der Waals surface area (Å²) in [4.78, 5) is 14.4. The minimum absolute atomic E-state index is 0.0741. The van der Waals surface area contributed by atoms with Gasteiger partial charge in [0, 0.05) is 11.5 Å². The van der Waals surface area contributed by atoms with Gasteiger partial charge in [-0.2, -0.15) is 0 Å². The first-order valence-corrected chi connectivity index (χ1v) is 6.73. The molecule has 1 rings (SSSR count). The van der Waals surface area contributed by atoms with Crippen LogP contribution in [-0.2, 0) is 4.79 Å².